The zero-order valence-electron chi connectivity index (χ0n) is 11.6. The topological polar surface area (TPSA) is 48.0 Å². The number of hydrogen-bond donors (Lipinski definition) is 0. The fraction of sp³-hybridized carbons (Fsp3) is 0.357. The van der Waals surface area contributed by atoms with Crippen molar-refractivity contribution in [3.63, 3.8) is 0 Å². The van der Waals surface area contributed by atoms with Gasteiger partial charge in [0.2, 0.25) is 0 Å². The maximum absolute atomic E-state index is 4.39. The lowest BCUT2D eigenvalue weighted by Gasteiger charge is -2.21. The van der Waals surface area contributed by atoms with Crippen LogP contribution in [-0.4, -0.2) is 24.4 Å². The standard InChI is InChI=1S/C14H17N5/c1-14(2,3)13-11(9-16-18(13)4)10-7-12-15-5-6-19(12)17-8-10/h5-9H,1-4H3. The van der Waals surface area contributed by atoms with E-state index in [2.05, 4.69) is 36.0 Å². The molecule has 0 unspecified atom stereocenters. The van der Waals surface area contributed by atoms with Gasteiger partial charge in [0, 0.05) is 36.0 Å². The summed E-state index contributed by atoms with van der Waals surface area (Å²) in [5, 5.41) is 8.76. The summed E-state index contributed by atoms with van der Waals surface area (Å²) in [6.45, 7) is 6.57. The lowest BCUT2D eigenvalue weighted by Crippen LogP contribution is -2.17. The van der Waals surface area contributed by atoms with Gasteiger partial charge in [0.25, 0.3) is 0 Å². The van der Waals surface area contributed by atoms with Gasteiger partial charge < -0.3 is 0 Å². The van der Waals surface area contributed by atoms with Gasteiger partial charge >= 0.3 is 0 Å². The average molecular weight is 255 g/mol. The van der Waals surface area contributed by atoms with Crippen LogP contribution >= 0.6 is 0 Å². The van der Waals surface area contributed by atoms with E-state index in [1.807, 2.05) is 36.4 Å². The minimum atomic E-state index is 0.0299. The molecule has 3 heterocycles. The van der Waals surface area contributed by atoms with Gasteiger partial charge in [-0.3, -0.25) is 4.68 Å². The predicted molar refractivity (Wildman–Crippen MR) is 73.9 cm³/mol. The fourth-order valence-corrected chi connectivity index (χ4v) is 2.50. The second kappa shape index (κ2) is 3.91. The third kappa shape index (κ3) is 1.91. The Kier molecular flexibility index (Phi) is 2.45. The largest absolute Gasteiger partial charge is 0.271 e. The molecule has 3 aromatic heterocycles. The molecule has 0 atom stereocenters. The van der Waals surface area contributed by atoms with E-state index in [-0.39, 0.29) is 5.41 Å². The Bertz CT molecular complexity index is 730. The van der Waals surface area contributed by atoms with Gasteiger partial charge in [-0.15, -0.1) is 0 Å². The Morgan fingerprint density at radius 2 is 1.89 bits per heavy atom. The predicted octanol–water partition coefficient (Wildman–Crippen LogP) is 2.43. The second-order valence-electron chi connectivity index (χ2n) is 5.75. The normalized spacial score (nSPS) is 12.2. The van der Waals surface area contributed by atoms with Crippen molar-refractivity contribution in [1.29, 1.82) is 0 Å². The minimum Gasteiger partial charge on any atom is -0.271 e. The van der Waals surface area contributed by atoms with E-state index in [1.165, 1.54) is 5.69 Å². The summed E-state index contributed by atoms with van der Waals surface area (Å²) in [7, 11) is 1.98. The van der Waals surface area contributed by atoms with Crippen molar-refractivity contribution in [2.75, 3.05) is 0 Å². The molecular formula is C14H17N5. The van der Waals surface area contributed by atoms with Crippen molar-refractivity contribution >= 4 is 5.65 Å². The third-order valence-electron chi connectivity index (χ3n) is 3.22. The Morgan fingerprint density at radius 1 is 1.11 bits per heavy atom. The number of aromatic nitrogens is 5. The van der Waals surface area contributed by atoms with Gasteiger partial charge in [-0.25, -0.2) is 9.50 Å². The van der Waals surface area contributed by atoms with Crippen LogP contribution in [0.5, 0.6) is 0 Å². The van der Waals surface area contributed by atoms with Crippen LogP contribution in [0.2, 0.25) is 0 Å². The molecule has 3 aromatic rings. The van der Waals surface area contributed by atoms with Crippen molar-refractivity contribution in [3.05, 3.63) is 36.5 Å². The van der Waals surface area contributed by atoms with E-state index in [9.17, 15) is 0 Å². The molecule has 0 saturated carbocycles. The SMILES string of the molecule is Cn1ncc(-c2cnn3ccnc3c2)c1C(C)(C)C. The molecule has 0 aliphatic carbocycles. The van der Waals surface area contributed by atoms with Crippen LogP contribution < -0.4 is 0 Å². The first kappa shape index (κ1) is 11.9. The lowest BCUT2D eigenvalue weighted by molar-refractivity contribution is 0.524. The number of nitrogens with zero attached hydrogens (tertiary/aromatic N) is 5. The van der Waals surface area contributed by atoms with Gasteiger partial charge in [0.05, 0.1) is 18.1 Å². The molecule has 0 aliphatic rings. The Labute approximate surface area is 111 Å². The molecule has 0 bridgehead atoms. The molecule has 0 radical (unpaired) electrons. The van der Waals surface area contributed by atoms with Crippen molar-refractivity contribution in [3.8, 4) is 11.1 Å². The Hall–Kier alpha value is -2.17. The third-order valence-corrected chi connectivity index (χ3v) is 3.22. The molecule has 5 heteroatoms. The molecule has 0 fully saturated rings. The number of rotatable bonds is 1. The van der Waals surface area contributed by atoms with Crippen molar-refractivity contribution in [1.82, 2.24) is 24.4 Å². The zero-order chi connectivity index (χ0) is 13.6. The summed E-state index contributed by atoms with van der Waals surface area (Å²) in [5.41, 5.74) is 4.25. The molecule has 0 spiro atoms. The molecule has 0 aliphatic heterocycles. The molecule has 19 heavy (non-hydrogen) atoms. The molecule has 3 rings (SSSR count). The molecule has 5 nitrogen and oxygen atoms in total. The first-order valence-corrected chi connectivity index (χ1v) is 6.29. The van der Waals surface area contributed by atoms with E-state index < -0.39 is 0 Å². The molecule has 0 N–H and O–H groups in total. The van der Waals surface area contributed by atoms with Crippen LogP contribution in [0.1, 0.15) is 26.5 Å². The summed E-state index contributed by atoms with van der Waals surface area (Å²) in [5.74, 6) is 0. The maximum atomic E-state index is 4.39. The van der Waals surface area contributed by atoms with E-state index in [0.717, 1.165) is 16.8 Å². The maximum Gasteiger partial charge on any atom is 0.154 e. The highest BCUT2D eigenvalue weighted by Gasteiger charge is 2.23. The smallest absolute Gasteiger partial charge is 0.154 e. The fourth-order valence-electron chi connectivity index (χ4n) is 2.50. The van der Waals surface area contributed by atoms with E-state index in [1.54, 1.807) is 10.7 Å². The van der Waals surface area contributed by atoms with Gasteiger partial charge in [-0.05, 0) is 6.07 Å². The molecule has 0 amide bonds. The average Bonchev–Trinajstić information content (AvgIpc) is 2.92. The first-order valence-electron chi connectivity index (χ1n) is 6.29. The first-order chi connectivity index (χ1) is 8.97. The van der Waals surface area contributed by atoms with Crippen LogP contribution in [0.4, 0.5) is 0 Å². The molecule has 98 valence electrons. The van der Waals surface area contributed by atoms with Gasteiger partial charge in [-0.1, -0.05) is 20.8 Å². The molecule has 0 aromatic carbocycles. The van der Waals surface area contributed by atoms with Crippen molar-refractivity contribution in [2.45, 2.75) is 26.2 Å². The van der Waals surface area contributed by atoms with E-state index >= 15 is 0 Å². The van der Waals surface area contributed by atoms with Gasteiger partial charge in [0.15, 0.2) is 5.65 Å². The molecule has 0 saturated heterocycles. The van der Waals surface area contributed by atoms with Crippen LogP contribution in [0.25, 0.3) is 16.8 Å². The number of aryl methyl sites for hydroxylation is 1. The highest BCUT2D eigenvalue weighted by molar-refractivity contribution is 5.68. The zero-order valence-corrected chi connectivity index (χ0v) is 11.6. The number of hydrogen-bond acceptors (Lipinski definition) is 3. The van der Waals surface area contributed by atoms with Crippen LogP contribution in [0.3, 0.4) is 0 Å². The lowest BCUT2D eigenvalue weighted by atomic mass is 9.87. The summed E-state index contributed by atoms with van der Waals surface area (Å²) in [4.78, 5) is 4.28. The number of fused-ring (bicyclic) bond motifs is 1. The summed E-state index contributed by atoms with van der Waals surface area (Å²) < 4.78 is 3.70. The quantitative estimate of drug-likeness (QED) is 0.671. The van der Waals surface area contributed by atoms with E-state index in [0.29, 0.717) is 0 Å². The summed E-state index contributed by atoms with van der Waals surface area (Å²) in [6, 6.07) is 2.04. The van der Waals surface area contributed by atoms with Crippen molar-refractivity contribution in [2.24, 2.45) is 7.05 Å². The minimum absolute atomic E-state index is 0.0299. The van der Waals surface area contributed by atoms with Gasteiger partial charge in [-0.2, -0.15) is 10.2 Å². The summed E-state index contributed by atoms with van der Waals surface area (Å²) >= 11 is 0. The Balaban J connectivity index is 2.21. The Morgan fingerprint density at radius 3 is 2.63 bits per heavy atom. The highest BCUT2D eigenvalue weighted by atomic mass is 15.3. The van der Waals surface area contributed by atoms with Crippen LogP contribution in [0.15, 0.2) is 30.9 Å². The van der Waals surface area contributed by atoms with Crippen molar-refractivity contribution < 1.29 is 0 Å². The second-order valence-corrected chi connectivity index (χ2v) is 5.75. The monoisotopic (exact) mass is 255 g/mol. The molecular weight excluding hydrogens is 238 g/mol. The number of imidazole rings is 1. The van der Waals surface area contributed by atoms with Crippen LogP contribution in [-0.2, 0) is 12.5 Å². The van der Waals surface area contributed by atoms with E-state index in [4.69, 9.17) is 0 Å². The highest BCUT2D eigenvalue weighted by Crippen LogP contribution is 2.32. The van der Waals surface area contributed by atoms with Gasteiger partial charge in [0.1, 0.15) is 0 Å². The van der Waals surface area contributed by atoms with Crippen LogP contribution in [0, 0.1) is 0 Å². The summed E-state index contributed by atoms with van der Waals surface area (Å²) in [6.07, 6.45) is 7.35.